The Hall–Kier alpha value is -6.22. The first-order chi connectivity index (χ1) is 24.8. The number of hydrogen-bond acceptors (Lipinski definition) is 2. The van der Waals surface area contributed by atoms with Crippen LogP contribution in [0.15, 0.2) is 174 Å². The fourth-order valence-corrected chi connectivity index (χ4v) is 9.40. The third-order valence-electron chi connectivity index (χ3n) is 10.5. The van der Waals surface area contributed by atoms with Gasteiger partial charge in [0.2, 0.25) is 0 Å². The van der Waals surface area contributed by atoms with Crippen molar-refractivity contribution in [3.8, 4) is 33.4 Å². The van der Waals surface area contributed by atoms with Gasteiger partial charge in [-0.15, -0.1) is 11.3 Å². The number of furan rings is 1. The quantitative estimate of drug-likeness (QED) is 0.173. The minimum Gasteiger partial charge on any atom is -0.455 e. The monoisotopic (exact) mass is 652 g/mol. The summed E-state index contributed by atoms with van der Waals surface area (Å²) in [7, 11) is 0. The SMILES string of the molecule is c1ccc(-c2c3ccccc3c(-c3ccc(-c4ccc5sc6c(ccc7c6ccc6c8ccccc8oc67)c5c4)cc3)c3ccccc23)cc1. The van der Waals surface area contributed by atoms with Crippen molar-refractivity contribution in [2.75, 3.05) is 0 Å². The van der Waals surface area contributed by atoms with E-state index in [9.17, 15) is 0 Å². The zero-order valence-electron chi connectivity index (χ0n) is 27.0. The lowest BCUT2D eigenvalue weighted by Gasteiger charge is -2.18. The van der Waals surface area contributed by atoms with Crippen molar-refractivity contribution in [1.82, 2.24) is 0 Å². The summed E-state index contributed by atoms with van der Waals surface area (Å²) >= 11 is 1.87. The van der Waals surface area contributed by atoms with Crippen molar-refractivity contribution in [3.63, 3.8) is 0 Å². The number of para-hydroxylation sites is 1. The average Bonchev–Trinajstić information content (AvgIpc) is 3.76. The van der Waals surface area contributed by atoms with Crippen LogP contribution in [0, 0.1) is 0 Å². The molecule has 0 bridgehead atoms. The topological polar surface area (TPSA) is 13.1 Å². The standard InChI is InChI=1S/C48H28OS/c1-2-10-30(11-3-1)45-34-13-4-6-15-36(34)46(37-16-7-5-14-35(37)45)31-20-18-29(19-21-31)32-22-27-44-42(28-32)41-26-24-39-40(48(41)50-44)25-23-38-33-12-8-9-17-43(33)49-47(38)39/h1-28H. The molecule has 0 radical (unpaired) electrons. The molecule has 0 N–H and O–H groups in total. The summed E-state index contributed by atoms with van der Waals surface area (Å²) in [5.74, 6) is 0. The van der Waals surface area contributed by atoms with Gasteiger partial charge in [-0.3, -0.25) is 0 Å². The third kappa shape index (κ3) is 4.00. The number of hydrogen-bond donors (Lipinski definition) is 0. The van der Waals surface area contributed by atoms with Crippen LogP contribution in [-0.2, 0) is 0 Å². The van der Waals surface area contributed by atoms with Crippen LogP contribution in [0.2, 0.25) is 0 Å². The molecule has 11 rings (SSSR count). The van der Waals surface area contributed by atoms with Crippen LogP contribution in [0.5, 0.6) is 0 Å². The molecule has 0 aliphatic rings. The third-order valence-corrected chi connectivity index (χ3v) is 11.7. The largest absolute Gasteiger partial charge is 0.455 e. The molecule has 2 heterocycles. The summed E-state index contributed by atoms with van der Waals surface area (Å²) in [6.45, 7) is 0. The van der Waals surface area contributed by atoms with Crippen molar-refractivity contribution in [1.29, 1.82) is 0 Å². The second-order valence-corrected chi connectivity index (χ2v) is 14.2. The van der Waals surface area contributed by atoms with Crippen molar-refractivity contribution in [2.24, 2.45) is 0 Å². The average molecular weight is 653 g/mol. The summed E-state index contributed by atoms with van der Waals surface area (Å²) < 4.78 is 9.00. The summed E-state index contributed by atoms with van der Waals surface area (Å²) in [6, 6.07) is 61.9. The fraction of sp³-hybridized carbons (Fsp3) is 0. The highest BCUT2D eigenvalue weighted by atomic mass is 32.1. The minimum atomic E-state index is 0.938. The van der Waals surface area contributed by atoms with E-state index in [2.05, 4.69) is 164 Å². The molecule has 0 aliphatic heterocycles. The van der Waals surface area contributed by atoms with Crippen molar-refractivity contribution >= 4 is 85.8 Å². The van der Waals surface area contributed by atoms with E-state index in [1.165, 1.54) is 96.6 Å². The van der Waals surface area contributed by atoms with Crippen LogP contribution >= 0.6 is 11.3 Å². The molecule has 0 saturated heterocycles. The van der Waals surface area contributed by atoms with E-state index in [0.717, 1.165) is 11.2 Å². The Morgan fingerprint density at radius 2 is 0.800 bits per heavy atom. The predicted molar refractivity (Wildman–Crippen MR) is 215 cm³/mol. The molecule has 0 aliphatic carbocycles. The molecule has 9 aromatic carbocycles. The van der Waals surface area contributed by atoms with Crippen LogP contribution in [0.3, 0.4) is 0 Å². The molecule has 0 fully saturated rings. The van der Waals surface area contributed by atoms with Gasteiger partial charge < -0.3 is 4.42 Å². The molecule has 50 heavy (non-hydrogen) atoms. The Bertz CT molecular complexity index is 3070. The zero-order valence-corrected chi connectivity index (χ0v) is 27.8. The second-order valence-electron chi connectivity index (χ2n) is 13.2. The Morgan fingerprint density at radius 1 is 0.320 bits per heavy atom. The fourth-order valence-electron chi connectivity index (χ4n) is 8.19. The number of benzene rings is 9. The highest BCUT2D eigenvalue weighted by molar-refractivity contribution is 7.26. The molecular weight excluding hydrogens is 625 g/mol. The van der Waals surface area contributed by atoms with Gasteiger partial charge in [0, 0.05) is 41.7 Å². The predicted octanol–water partition coefficient (Wildman–Crippen LogP) is 14.4. The lowest BCUT2D eigenvalue weighted by molar-refractivity contribution is 0.672. The second kappa shape index (κ2) is 10.6. The highest BCUT2D eigenvalue weighted by Crippen LogP contribution is 2.45. The molecule has 2 aromatic heterocycles. The van der Waals surface area contributed by atoms with E-state index in [1.807, 2.05) is 17.4 Å². The van der Waals surface area contributed by atoms with Crippen LogP contribution < -0.4 is 0 Å². The molecule has 11 aromatic rings. The molecule has 0 unspecified atom stereocenters. The Balaban J connectivity index is 1.04. The van der Waals surface area contributed by atoms with Gasteiger partial charge in [-0.05, 0) is 85.3 Å². The van der Waals surface area contributed by atoms with Gasteiger partial charge in [-0.2, -0.15) is 0 Å². The summed E-state index contributed by atoms with van der Waals surface area (Å²) in [6.07, 6.45) is 0. The summed E-state index contributed by atoms with van der Waals surface area (Å²) in [4.78, 5) is 0. The van der Waals surface area contributed by atoms with Crippen molar-refractivity contribution in [3.05, 3.63) is 170 Å². The van der Waals surface area contributed by atoms with Crippen molar-refractivity contribution < 1.29 is 4.42 Å². The molecule has 232 valence electrons. The Labute approximate surface area is 292 Å². The van der Waals surface area contributed by atoms with E-state index < -0.39 is 0 Å². The summed E-state index contributed by atoms with van der Waals surface area (Å²) in [5, 5.41) is 12.5. The van der Waals surface area contributed by atoms with Gasteiger partial charge in [-0.1, -0.05) is 140 Å². The van der Waals surface area contributed by atoms with E-state index in [4.69, 9.17) is 4.42 Å². The number of thiophene rings is 1. The minimum absolute atomic E-state index is 0.938. The molecule has 0 amide bonds. The molecule has 0 atom stereocenters. The van der Waals surface area contributed by atoms with Gasteiger partial charge in [-0.25, -0.2) is 0 Å². The zero-order chi connectivity index (χ0) is 32.8. The normalized spacial score (nSPS) is 12.0. The molecule has 0 spiro atoms. The highest BCUT2D eigenvalue weighted by Gasteiger charge is 2.18. The van der Waals surface area contributed by atoms with Gasteiger partial charge in [0.1, 0.15) is 11.2 Å². The maximum absolute atomic E-state index is 6.39. The first kappa shape index (κ1) is 27.7. The molecule has 1 nitrogen and oxygen atoms in total. The Kier molecular flexibility index (Phi) is 5.89. The number of rotatable bonds is 3. The van der Waals surface area contributed by atoms with E-state index in [0.29, 0.717) is 0 Å². The van der Waals surface area contributed by atoms with Gasteiger partial charge >= 0.3 is 0 Å². The lowest BCUT2D eigenvalue weighted by Crippen LogP contribution is -1.90. The van der Waals surface area contributed by atoms with Gasteiger partial charge in [0.15, 0.2) is 0 Å². The smallest absolute Gasteiger partial charge is 0.143 e. The van der Waals surface area contributed by atoms with E-state index in [-0.39, 0.29) is 0 Å². The van der Waals surface area contributed by atoms with E-state index in [1.54, 1.807) is 0 Å². The van der Waals surface area contributed by atoms with Gasteiger partial charge in [0.05, 0.1) is 0 Å². The maximum Gasteiger partial charge on any atom is 0.143 e. The van der Waals surface area contributed by atoms with Crippen LogP contribution in [0.4, 0.5) is 0 Å². The maximum atomic E-state index is 6.39. The van der Waals surface area contributed by atoms with Crippen LogP contribution in [0.1, 0.15) is 0 Å². The van der Waals surface area contributed by atoms with Gasteiger partial charge in [0.25, 0.3) is 0 Å². The molecule has 2 heteroatoms. The number of fused-ring (bicyclic) bond motifs is 11. The lowest BCUT2D eigenvalue weighted by atomic mass is 9.86. The Morgan fingerprint density at radius 3 is 1.46 bits per heavy atom. The van der Waals surface area contributed by atoms with Crippen LogP contribution in [0.25, 0.3) is 108 Å². The molecule has 0 saturated carbocycles. The first-order valence-electron chi connectivity index (χ1n) is 17.1. The van der Waals surface area contributed by atoms with Crippen molar-refractivity contribution in [2.45, 2.75) is 0 Å². The first-order valence-corrected chi connectivity index (χ1v) is 17.9. The van der Waals surface area contributed by atoms with E-state index >= 15 is 0 Å². The summed E-state index contributed by atoms with van der Waals surface area (Å²) in [5.41, 5.74) is 9.40. The van der Waals surface area contributed by atoms with Crippen LogP contribution in [-0.4, -0.2) is 0 Å². The molecular formula is C48H28OS.